The van der Waals surface area contributed by atoms with E-state index in [1.54, 1.807) is 6.20 Å². The van der Waals surface area contributed by atoms with E-state index in [9.17, 15) is 13.2 Å². The summed E-state index contributed by atoms with van der Waals surface area (Å²) in [4.78, 5) is 16.2. The Bertz CT molecular complexity index is 572. The van der Waals surface area contributed by atoms with Crippen LogP contribution in [-0.2, 0) is 21.2 Å². The molecule has 0 amide bonds. The number of hydrogen-bond donors (Lipinski definition) is 0. The molecule has 21 heavy (non-hydrogen) atoms. The molecule has 116 valence electrons. The lowest BCUT2D eigenvalue weighted by atomic mass is 9.92. The first-order valence-corrected chi connectivity index (χ1v) is 9.16. The maximum atomic E-state index is 12.0. The molecule has 1 fully saturated rings. The predicted octanol–water partition coefficient (Wildman–Crippen LogP) is 1.65. The maximum Gasteiger partial charge on any atom is 0.211 e. The molecule has 1 aromatic heterocycles. The summed E-state index contributed by atoms with van der Waals surface area (Å²) in [6.45, 7) is 1.06. The molecule has 0 aromatic carbocycles. The van der Waals surface area contributed by atoms with Gasteiger partial charge in [-0.3, -0.25) is 9.78 Å². The number of hydrogen-bond acceptors (Lipinski definition) is 4. The Morgan fingerprint density at radius 1 is 1.43 bits per heavy atom. The van der Waals surface area contributed by atoms with Gasteiger partial charge in [-0.25, -0.2) is 12.7 Å². The summed E-state index contributed by atoms with van der Waals surface area (Å²) in [5.41, 5.74) is 0.923. The summed E-state index contributed by atoms with van der Waals surface area (Å²) in [5, 5.41) is 0. The monoisotopic (exact) mass is 310 g/mol. The number of rotatable bonds is 6. The summed E-state index contributed by atoms with van der Waals surface area (Å²) < 4.78 is 24.6. The number of Topliss-reactive ketones (excluding diaryl/α,β-unsaturated/α-hetero) is 1. The van der Waals surface area contributed by atoms with Gasteiger partial charge in [-0.15, -0.1) is 0 Å². The zero-order valence-corrected chi connectivity index (χ0v) is 13.2. The number of carbonyl (C=O) groups is 1. The fourth-order valence-corrected chi connectivity index (χ4v) is 3.67. The number of nitrogens with zero attached hydrogens (tertiary/aromatic N) is 2. The first-order chi connectivity index (χ1) is 9.95. The number of carbonyl (C=O) groups excluding carboxylic acids is 1. The molecule has 1 atom stereocenters. The van der Waals surface area contributed by atoms with Crippen LogP contribution >= 0.6 is 0 Å². The number of ketones is 1. The summed E-state index contributed by atoms with van der Waals surface area (Å²) in [7, 11) is -3.14. The van der Waals surface area contributed by atoms with Crippen LogP contribution in [0.1, 0.15) is 31.4 Å². The van der Waals surface area contributed by atoms with Crippen molar-refractivity contribution in [2.75, 3.05) is 19.3 Å². The van der Waals surface area contributed by atoms with E-state index in [1.165, 1.54) is 10.6 Å². The van der Waals surface area contributed by atoms with Crippen molar-refractivity contribution in [3.05, 3.63) is 30.1 Å². The van der Waals surface area contributed by atoms with E-state index >= 15 is 0 Å². The minimum Gasteiger partial charge on any atom is -0.300 e. The van der Waals surface area contributed by atoms with Crippen molar-refractivity contribution < 1.29 is 13.2 Å². The van der Waals surface area contributed by atoms with Gasteiger partial charge in [0.2, 0.25) is 10.0 Å². The van der Waals surface area contributed by atoms with Crippen molar-refractivity contribution in [3.8, 4) is 0 Å². The average molecular weight is 310 g/mol. The summed E-state index contributed by atoms with van der Waals surface area (Å²) in [6, 6.07) is 5.68. The zero-order valence-electron chi connectivity index (χ0n) is 12.4. The van der Waals surface area contributed by atoms with Crippen molar-refractivity contribution in [1.29, 1.82) is 0 Å². The van der Waals surface area contributed by atoms with Crippen LogP contribution in [0.2, 0.25) is 0 Å². The normalized spacial score (nSPS) is 20.3. The summed E-state index contributed by atoms with van der Waals surface area (Å²) >= 11 is 0. The first-order valence-electron chi connectivity index (χ1n) is 7.32. The molecule has 0 bridgehead atoms. The van der Waals surface area contributed by atoms with E-state index in [0.717, 1.165) is 18.5 Å². The standard InChI is InChI=1S/C15H22N2O3S/c1-21(19,20)17-10-4-5-13(12-17)11-15(18)8-7-14-6-2-3-9-16-14/h2-3,6,9,13H,4-5,7-8,10-12H2,1H3. The second-order valence-electron chi connectivity index (χ2n) is 5.69. The molecule has 2 heterocycles. The van der Waals surface area contributed by atoms with Gasteiger partial charge in [-0.1, -0.05) is 6.07 Å². The van der Waals surface area contributed by atoms with Crippen LogP contribution in [0.4, 0.5) is 0 Å². The van der Waals surface area contributed by atoms with Gasteiger partial charge in [-0.05, 0) is 37.3 Å². The number of sulfonamides is 1. The first kappa shape index (κ1) is 16.1. The van der Waals surface area contributed by atoms with Crippen LogP contribution in [0.15, 0.2) is 24.4 Å². The fourth-order valence-electron chi connectivity index (χ4n) is 2.73. The van der Waals surface area contributed by atoms with Crippen LogP contribution in [0.25, 0.3) is 0 Å². The van der Waals surface area contributed by atoms with E-state index in [0.29, 0.717) is 32.4 Å². The molecule has 2 rings (SSSR count). The highest BCUT2D eigenvalue weighted by Gasteiger charge is 2.27. The molecular formula is C15H22N2O3S. The quantitative estimate of drug-likeness (QED) is 0.801. The fraction of sp³-hybridized carbons (Fsp3) is 0.600. The number of aryl methyl sites for hydroxylation is 1. The summed E-state index contributed by atoms with van der Waals surface area (Å²) in [5.74, 6) is 0.353. The molecule has 1 aromatic rings. The number of pyridine rings is 1. The Hall–Kier alpha value is -1.27. The topological polar surface area (TPSA) is 67.3 Å². The van der Waals surface area contributed by atoms with Crippen molar-refractivity contribution in [2.24, 2.45) is 5.92 Å². The van der Waals surface area contributed by atoms with Gasteiger partial charge in [0.05, 0.1) is 6.26 Å². The third-order valence-corrected chi connectivity index (χ3v) is 5.12. The lowest BCUT2D eigenvalue weighted by Crippen LogP contribution is -2.39. The number of piperidine rings is 1. The third kappa shape index (κ3) is 5.21. The molecule has 1 unspecified atom stereocenters. The van der Waals surface area contributed by atoms with E-state index in [-0.39, 0.29) is 11.7 Å². The van der Waals surface area contributed by atoms with Gasteiger partial charge in [-0.2, -0.15) is 0 Å². The van der Waals surface area contributed by atoms with Crippen molar-refractivity contribution in [2.45, 2.75) is 32.1 Å². The van der Waals surface area contributed by atoms with Crippen molar-refractivity contribution in [3.63, 3.8) is 0 Å². The van der Waals surface area contributed by atoms with Gasteiger partial charge in [0.25, 0.3) is 0 Å². The Balaban J connectivity index is 1.80. The molecule has 0 radical (unpaired) electrons. The van der Waals surface area contributed by atoms with Gasteiger partial charge in [0.1, 0.15) is 5.78 Å². The smallest absolute Gasteiger partial charge is 0.211 e. The van der Waals surface area contributed by atoms with Crippen LogP contribution in [0.5, 0.6) is 0 Å². The average Bonchev–Trinajstić information content (AvgIpc) is 2.46. The lowest BCUT2D eigenvalue weighted by Gasteiger charge is -2.30. The number of aromatic nitrogens is 1. The van der Waals surface area contributed by atoms with E-state index in [1.807, 2.05) is 18.2 Å². The Kier molecular flexibility index (Phi) is 5.47. The molecule has 0 N–H and O–H groups in total. The highest BCUT2D eigenvalue weighted by atomic mass is 32.2. The van der Waals surface area contributed by atoms with Gasteiger partial charge in [0, 0.05) is 37.8 Å². The Morgan fingerprint density at radius 2 is 2.24 bits per heavy atom. The second kappa shape index (κ2) is 7.13. The SMILES string of the molecule is CS(=O)(=O)N1CCCC(CC(=O)CCc2ccccn2)C1. The minimum absolute atomic E-state index is 0.157. The maximum absolute atomic E-state index is 12.0. The highest BCUT2D eigenvalue weighted by molar-refractivity contribution is 7.88. The van der Waals surface area contributed by atoms with Gasteiger partial charge < -0.3 is 0 Å². The zero-order chi connectivity index (χ0) is 15.3. The van der Waals surface area contributed by atoms with Gasteiger partial charge >= 0.3 is 0 Å². The largest absolute Gasteiger partial charge is 0.300 e. The molecule has 1 saturated heterocycles. The Morgan fingerprint density at radius 3 is 2.90 bits per heavy atom. The molecule has 6 heteroatoms. The molecule has 1 aliphatic rings. The molecular weight excluding hydrogens is 288 g/mol. The minimum atomic E-state index is -3.14. The second-order valence-corrected chi connectivity index (χ2v) is 7.68. The molecule has 5 nitrogen and oxygen atoms in total. The van der Waals surface area contributed by atoms with Crippen LogP contribution in [0.3, 0.4) is 0 Å². The molecule has 0 spiro atoms. The third-order valence-electron chi connectivity index (χ3n) is 3.85. The lowest BCUT2D eigenvalue weighted by molar-refractivity contribution is -0.120. The summed E-state index contributed by atoms with van der Waals surface area (Å²) in [6.07, 6.45) is 6.34. The molecule has 0 saturated carbocycles. The van der Waals surface area contributed by atoms with E-state index in [2.05, 4.69) is 4.98 Å². The molecule has 0 aliphatic carbocycles. The van der Waals surface area contributed by atoms with Crippen LogP contribution in [-0.4, -0.2) is 42.8 Å². The predicted molar refractivity (Wildman–Crippen MR) is 81.3 cm³/mol. The van der Waals surface area contributed by atoms with E-state index in [4.69, 9.17) is 0 Å². The Labute approximate surface area is 126 Å². The highest BCUT2D eigenvalue weighted by Crippen LogP contribution is 2.22. The molecule has 1 aliphatic heterocycles. The van der Waals surface area contributed by atoms with Gasteiger partial charge in [0.15, 0.2) is 0 Å². The van der Waals surface area contributed by atoms with Crippen LogP contribution < -0.4 is 0 Å². The van der Waals surface area contributed by atoms with Crippen LogP contribution in [0, 0.1) is 5.92 Å². The van der Waals surface area contributed by atoms with Crippen molar-refractivity contribution in [1.82, 2.24) is 9.29 Å². The van der Waals surface area contributed by atoms with Crippen molar-refractivity contribution >= 4 is 15.8 Å². The van der Waals surface area contributed by atoms with E-state index < -0.39 is 10.0 Å².